The van der Waals surface area contributed by atoms with Gasteiger partial charge in [0.05, 0.1) is 5.60 Å². The maximum atomic E-state index is 10.5. The number of fused-ring (bicyclic) bond motifs is 1. The second-order valence-corrected chi connectivity index (χ2v) is 7.36. The van der Waals surface area contributed by atoms with Crippen molar-refractivity contribution in [2.75, 3.05) is 0 Å². The van der Waals surface area contributed by atoms with E-state index < -0.39 is 0 Å². The molecule has 0 heterocycles. The lowest BCUT2D eigenvalue weighted by Gasteiger charge is -2.36. The van der Waals surface area contributed by atoms with Gasteiger partial charge in [-0.3, -0.25) is 0 Å². The summed E-state index contributed by atoms with van der Waals surface area (Å²) in [5.74, 6) is 4.01. The van der Waals surface area contributed by atoms with Gasteiger partial charge in [0.1, 0.15) is 0 Å². The summed E-state index contributed by atoms with van der Waals surface area (Å²) in [6.45, 7) is 9.27. The molecule has 92 valence electrons. The van der Waals surface area contributed by atoms with E-state index >= 15 is 0 Å². The zero-order chi connectivity index (χ0) is 11.7. The third-order valence-electron chi connectivity index (χ3n) is 6.35. The van der Waals surface area contributed by atoms with Crippen LogP contribution in [-0.2, 0) is 0 Å². The van der Waals surface area contributed by atoms with Crippen molar-refractivity contribution >= 4 is 0 Å². The highest BCUT2D eigenvalue weighted by atomic mass is 16.3. The Morgan fingerprint density at radius 1 is 1.19 bits per heavy atom. The van der Waals surface area contributed by atoms with Gasteiger partial charge in [-0.25, -0.2) is 0 Å². The quantitative estimate of drug-likeness (QED) is 0.720. The fourth-order valence-corrected chi connectivity index (χ4v) is 5.57. The first-order valence-electron chi connectivity index (χ1n) is 7.13. The monoisotopic (exact) mass is 222 g/mol. The molecule has 0 amide bonds. The summed E-state index contributed by atoms with van der Waals surface area (Å²) in [4.78, 5) is 0. The van der Waals surface area contributed by atoms with E-state index in [4.69, 9.17) is 0 Å². The first-order chi connectivity index (χ1) is 7.41. The van der Waals surface area contributed by atoms with Crippen molar-refractivity contribution in [2.24, 2.45) is 35.0 Å². The predicted molar refractivity (Wildman–Crippen MR) is 66.0 cm³/mol. The summed E-state index contributed by atoms with van der Waals surface area (Å²) in [7, 11) is 0. The molecule has 3 saturated carbocycles. The molecule has 0 radical (unpaired) electrons. The molecule has 3 aliphatic rings. The molecule has 1 nitrogen and oxygen atoms in total. The third kappa shape index (κ3) is 1.11. The van der Waals surface area contributed by atoms with Crippen LogP contribution in [0.15, 0.2) is 0 Å². The molecule has 6 unspecified atom stereocenters. The molecule has 16 heavy (non-hydrogen) atoms. The Balaban J connectivity index is 1.92. The minimum absolute atomic E-state index is 0.351. The van der Waals surface area contributed by atoms with Crippen LogP contribution in [0.5, 0.6) is 0 Å². The minimum Gasteiger partial charge on any atom is -0.390 e. The second-order valence-electron chi connectivity index (χ2n) is 7.36. The van der Waals surface area contributed by atoms with Crippen LogP contribution in [-0.4, -0.2) is 10.7 Å². The van der Waals surface area contributed by atoms with E-state index in [2.05, 4.69) is 27.7 Å². The maximum absolute atomic E-state index is 10.5. The zero-order valence-corrected chi connectivity index (χ0v) is 11.2. The van der Waals surface area contributed by atoms with Gasteiger partial charge in [0.15, 0.2) is 0 Å². The Morgan fingerprint density at radius 3 is 2.50 bits per heavy atom. The average Bonchev–Trinajstić information content (AvgIpc) is 2.79. The number of aliphatic hydroxyl groups is 1. The predicted octanol–water partition coefficient (Wildman–Crippen LogP) is 3.47. The largest absolute Gasteiger partial charge is 0.390 e. The lowest BCUT2D eigenvalue weighted by molar-refractivity contribution is 0.0291. The van der Waals surface area contributed by atoms with E-state index in [0.717, 1.165) is 30.1 Å². The lowest BCUT2D eigenvalue weighted by atomic mass is 9.69. The standard InChI is InChI=1S/C15H26O/c1-9(2)11-6-5-10(3)15-8-7-14(4,16)13(15)12(11)15/h9-13,16H,5-8H2,1-4H3. The summed E-state index contributed by atoms with van der Waals surface area (Å²) in [5, 5.41) is 10.5. The molecule has 6 atom stereocenters. The van der Waals surface area contributed by atoms with Gasteiger partial charge in [-0.1, -0.05) is 20.8 Å². The van der Waals surface area contributed by atoms with Gasteiger partial charge >= 0.3 is 0 Å². The zero-order valence-electron chi connectivity index (χ0n) is 11.2. The molecule has 3 fully saturated rings. The summed E-state index contributed by atoms with van der Waals surface area (Å²) in [5.41, 5.74) is 0.201. The Labute approximate surface area is 99.6 Å². The van der Waals surface area contributed by atoms with Crippen LogP contribution in [0.2, 0.25) is 0 Å². The molecule has 0 aromatic heterocycles. The van der Waals surface area contributed by atoms with E-state index in [1.807, 2.05) is 0 Å². The Hall–Kier alpha value is -0.0400. The van der Waals surface area contributed by atoms with E-state index in [9.17, 15) is 5.11 Å². The SMILES string of the molecule is CC(C)C1CCC(C)C23CCC(C)(O)C2C13. The van der Waals surface area contributed by atoms with Crippen LogP contribution < -0.4 is 0 Å². The highest BCUT2D eigenvalue weighted by Gasteiger charge is 2.77. The third-order valence-corrected chi connectivity index (χ3v) is 6.35. The van der Waals surface area contributed by atoms with Gasteiger partial charge in [0.2, 0.25) is 0 Å². The normalized spacial score (nSPS) is 59.6. The molecular formula is C15H26O. The average molecular weight is 222 g/mol. The summed E-state index contributed by atoms with van der Waals surface area (Å²) < 4.78 is 0. The number of hydrogen-bond donors (Lipinski definition) is 1. The lowest BCUT2D eigenvalue weighted by Crippen LogP contribution is -2.30. The molecule has 1 spiro atoms. The van der Waals surface area contributed by atoms with Crippen LogP contribution in [0.3, 0.4) is 0 Å². The highest BCUT2D eigenvalue weighted by Crippen LogP contribution is 2.80. The van der Waals surface area contributed by atoms with Crippen molar-refractivity contribution in [3.05, 3.63) is 0 Å². The molecule has 0 aliphatic heterocycles. The highest BCUT2D eigenvalue weighted by molar-refractivity contribution is 5.26. The topological polar surface area (TPSA) is 20.2 Å². The minimum atomic E-state index is -0.351. The van der Waals surface area contributed by atoms with E-state index in [0.29, 0.717) is 11.3 Å². The van der Waals surface area contributed by atoms with Gasteiger partial charge < -0.3 is 5.11 Å². The van der Waals surface area contributed by atoms with Gasteiger partial charge in [0.25, 0.3) is 0 Å². The Kier molecular flexibility index (Phi) is 2.11. The van der Waals surface area contributed by atoms with Crippen LogP contribution in [0.4, 0.5) is 0 Å². The summed E-state index contributed by atoms with van der Waals surface area (Å²) in [6.07, 6.45) is 5.13. The van der Waals surface area contributed by atoms with Crippen molar-refractivity contribution in [1.29, 1.82) is 0 Å². The summed E-state index contributed by atoms with van der Waals surface area (Å²) >= 11 is 0. The molecule has 0 aromatic rings. The van der Waals surface area contributed by atoms with Crippen LogP contribution in [0, 0.1) is 35.0 Å². The molecule has 3 aliphatic carbocycles. The summed E-state index contributed by atoms with van der Waals surface area (Å²) in [6, 6.07) is 0. The first-order valence-corrected chi connectivity index (χ1v) is 7.13. The molecule has 1 N–H and O–H groups in total. The maximum Gasteiger partial charge on any atom is 0.0656 e. The van der Waals surface area contributed by atoms with Crippen molar-refractivity contribution in [2.45, 2.75) is 59.0 Å². The second kappa shape index (κ2) is 3.04. The molecular weight excluding hydrogens is 196 g/mol. The van der Waals surface area contributed by atoms with Crippen molar-refractivity contribution in [1.82, 2.24) is 0 Å². The molecule has 0 bridgehead atoms. The smallest absolute Gasteiger partial charge is 0.0656 e. The first kappa shape index (κ1) is 11.1. The van der Waals surface area contributed by atoms with E-state index in [-0.39, 0.29) is 5.60 Å². The number of hydrogen-bond acceptors (Lipinski definition) is 1. The Bertz CT molecular complexity index is 307. The van der Waals surface area contributed by atoms with Crippen LogP contribution in [0.1, 0.15) is 53.4 Å². The molecule has 1 heteroatoms. The Morgan fingerprint density at radius 2 is 1.88 bits per heavy atom. The van der Waals surface area contributed by atoms with Gasteiger partial charge in [-0.15, -0.1) is 0 Å². The molecule has 0 saturated heterocycles. The van der Waals surface area contributed by atoms with Gasteiger partial charge in [0, 0.05) is 0 Å². The van der Waals surface area contributed by atoms with Gasteiger partial charge in [-0.05, 0) is 67.6 Å². The van der Waals surface area contributed by atoms with Crippen molar-refractivity contribution < 1.29 is 5.11 Å². The van der Waals surface area contributed by atoms with E-state index in [1.54, 1.807) is 0 Å². The molecule has 3 rings (SSSR count). The number of rotatable bonds is 1. The van der Waals surface area contributed by atoms with Crippen molar-refractivity contribution in [3.63, 3.8) is 0 Å². The van der Waals surface area contributed by atoms with Crippen molar-refractivity contribution in [3.8, 4) is 0 Å². The van der Waals surface area contributed by atoms with Crippen LogP contribution in [0.25, 0.3) is 0 Å². The van der Waals surface area contributed by atoms with E-state index in [1.165, 1.54) is 19.3 Å². The van der Waals surface area contributed by atoms with Gasteiger partial charge in [-0.2, -0.15) is 0 Å². The fourth-order valence-electron chi connectivity index (χ4n) is 5.57. The molecule has 0 aromatic carbocycles. The van der Waals surface area contributed by atoms with Crippen LogP contribution >= 0.6 is 0 Å². The fraction of sp³-hybridized carbons (Fsp3) is 1.00.